The number of carbonyl (C=O) groups is 3. The van der Waals surface area contributed by atoms with Crippen LogP contribution in [0.2, 0.25) is 0 Å². The van der Waals surface area contributed by atoms with Crippen LogP contribution in [0, 0.1) is 11.8 Å². The van der Waals surface area contributed by atoms with Crippen molar-refractivity contribution in [3.8, 4) is 11.1 Å². The molecule has 0 aromatic heterocycles. The minimum Gasteiger partial charge on any atom is -0.481 e. The number of ether oxygens (including phenoxy) is 1. The fraction of sp³-hybridized carbons (Fsp3) is 0.444. The molecule has 7 nitrogen and oxygen atoms in total. The average Bonchev–Trinajstić information content (AvgIpc) is 3.13. The number of carboxylic acids is 1. The predicted octanol–water partition coefficient (Wildman–Crippen LogP) is 4.26. The Hall–Kier alpha value is -3.35. The first kappa shape index (κ1) is 23.8. The molecule has 2 aromatic carbocycles. The first-order valence-electron chi connectivity index (χ1n) is 12.0. The topological polar surface area (TPSA) is 95.9 Å². The van der Waals surface area contributed by atoms with Crippen LogP contribution in [0.5, 0.6) is 0 Å². The van der Waals surface area contributed by atoms with Crippen LogP contribution in [0.25, 0.3) is 11.1 Å². The van der Waals surface area contributed by atoms with Gasteiger partial charge in [0.2, 0.25) is 5.91 Å². The minimum atomic E-state index is -0.894. The Morgan fingerprint density at radius 2 is 1.62 bits per heavy atom. The summed E-state index contributed by atoms with van der Waals surface area (Å²) in [6.45, 7) is 3.47. The van der Waals surface area contributed by atoms with Crippen LogP contribution >= 0.6 is 0 Å². The van der Waals surface area contributed by atoms with E-state index in [1.165, 1.54) is 22.3 Å². The molecule has 34 heavy (non-hydrogen) atoms. The van der Waals surface area contributed by atoms with Crippen LogP contribution in [-0.4, -0.2) is 54.2 Å². The number of hydrogen-bond acceptors (Lipinski definition) is 4. The monoisotopic (exact) mass is 464 g/mol. The van der Waals surface area contributed by atoms with Crippen LogP contribution in [0.4, 0.5) is 4.79 Å². The fourth-order valence-electron chi connectivity index (χ4n) is 5.15. The highest BCUT2D eigenvalue weighted by atomic mass is 16.5. The maximum atomic E-state index is 12.4. The van der Waals surface area contributed by atoms with Crippen molar-refractivity contribution in [3.05, 3.63) is 59.7 Å². The molecule has 0 heterocycles. The Morgan fingerprint density at radius 3 is 2.21 bits per heavy atom. The Morgan fingerprint density at radius 1 is 1.00 bits per heavy atom. The number of amides is 2. The molecule has 1 saturated carbocycles. The molecule has 0 saturated heterocycles. The molecule has 0 bridgehead atoms. The molecular formula is C27H32N2O5. The SMILES string of the molecule is CCN(CCC(=O)O)C(=O)CC1CC(CNC(=O)OCC2c3ccccc3-c3ccccc32)C1. The Kier molecular flexibility index (Phi) is 7.50. The van der Waals surface area contributed by atoms with Gasteiger partial charge in [0.05, 0.1) is 6.42 Å². The molecule has 2 amide bonds. The second-order valence-corrected chi connectivity index (χ2v) is 9.23. The third kappa shape index (κ3) is 5.41. The van der Waals surface area contributed by atoms with Crippen LogP contribution in [0.15, 0.2) is 48.5 Å². The number of rotatable bonds is 10. The number of alkyl carbamates (subject to hydrolysis) is 1. The normalized spacial score (nSPS) is 18.4. The zero-order valence-electron chi connectivity index (χ0n) is 19.5. The highest BCUT2D eigenvalue weighted by Gasteiger charge is 2.33. The van der Waals surface area contributed by atoms with Gasteiger partial charge in [0.25, 0.3) is 0 Å². The van der Waals surface area contributed by atoms with E-state index in [0.717, 1.165) is 12.8 Å². The summed E-state index contributed by atoms with van der Waals surface area (Å²) in [5.74, 6) is -0.209. The minimum absolute atomic E-state index is 0.0108. The number of carbonyl (C=O) groups excluding carboxylic acids is 2. The lowest BCUT2D eigenvalue weighted by molar-refractivity contribution is -0.138. The molecule has 2 aliphatic carbocycles. The summed E-state index contributed by atoms with van der Waals surface area (Å²) in [4.78, 5) is 37.1. The summed E-state index contributed by atoms with van der Waals surface area (Å²) in [7, 11) is 0. The van der Waals surface area contributed by atoms with Crippen molar-refractivity contribution in [2.75, 3.05) is 26.2 Å². The third-order valence-electron chi connectivity index (χ3n) is 7.01. The van der Waals surface area contributed by atoms with Gasteiger partial charge in [-0.3, -0.25) is 9.59 Å². The van der Waals surface area contributed by atoms with Crippen molar-refractivity contribution >= 4 is 18.0 Å². The second kappa shape index (κ2) is 10.7. The van der Waals surface area contributed by atoms with Gasteiger partial charge in [-0.05, 0) is 53.9 Å². The highest BCUT2D eigenvalue weighted by Crippen LogP contribution is 2.44. The molecule has 4 rings (SSSR count). The van der Waals surface area contributed by atoms with Gasteiger partial charge in [0, 0.05) is 32.0 Å². The second-order valence-electron chi connectivity index (χ2n) is 9.23. The summed E-state index contributed by atoms with van der Waals surface area (Å²) in [5, 5.41) is 11.7. The van der Waals surface area contributed by atoms with E-state index < -0.39 is 12.1 Å². The molecule has 0 radical (unpaired) electrons. The Bertz CT molecular complexity index is 1000. The van der Waals surface area contributed by atoms with E-state index in [4.69, 9.17) is 9.84 Å². The predicted molar refractivity (Wildman–Crippen MR) is 128 cm³/mol. The number of benzene rings is 2. The van der Waals surface area contributed by atoms with Crippen molar-refractivity contribution in [1.29, 1.82) is 0 Å². The molecule has 0 aliphatic heterocycles. The molecular weight excluding hydrogens is 432 g/mol. The quantitative estimate of drug-likeness (QED) is 0.548. The first-order valence-corrected chi connectivity index (χ1v) is 12.0. The number of nitrogens with zero attached hydrogens (tertiary/aromatic N) is 1. The van der Waals surface area contributed by atoms with Gasteiger partial charge in [-0.2, -0.15) is 0 Å². The molecule has 0 spiro atoms. The number of aliphatic carboxylic acids is 1. The molecule has 2 aromatic rings. The van der Waals surface area contributed by atoms with Crippen molar-refractivity contribution in [2.24, 2.45) is 11.8 Å². The van der Waals surface area contributed by atoms with Crippen LogP contribution in [0.1, 0.15) is 49.7 Å². The van der Waals surface area contributed by atoms with Crippen LogP contribution < -0.4 is 5.32 Å². The Balaban J connectivity index is 1.18. The van der Waals surface area contributed by atoms with Gasteiger partial charge in [-0.25, -0.2) is 4.79 Å². The molecule has 0 unspecified atom stereocenters. The van der Waals surface area contributed by atoms with Gasteiger partial charge < -0.3 is 20.1 Å². The molecule has 1 fully saturated rings. The van der Waals surface area contributed by atoms with E-state index in [1.807, 2.05) is 31.2 Å². The Labute approximate surface area is 200 Å². The molecule has 2 aliphatic rings. The molecule has 0 atom stereocenters. The third-order valence-corrected chi connectivity index (χ3v) is 7.01. The summed E-state index contributed by atoms with van der Waals surface area (Å²) < 4.78 is 5.58. The summed E-state index contributed by atoms with van der Waals surface area (Å²) >= 11 is 0. The van der Waals surface area contributed by atoms with Crippen molar-refractivity contribution in [3.63, 3.8) is 0 Å². The standard InChI is InChI=1S/C27H32N2O5/c1-2-29(12-11-26(31)32)25(30)15-18-13-19(14-18)16-28-27(33)34-17-24-22-9-5-3-7-20(22)21-8-4-6-10-23(21)24/h3-10,18-19,24H,2,11-17H2,1H3,(H,28,33)(H,31,32). The van der Waals surface area contributed by atoms with E-state index in [0.29, 0.717) is 38.0 Å². The summed E-state index contributed by atoms with van der Waals surface area (Å²) in [6.07, 6.45) is 1.76. The summed E-state index contributed by atoms with van der Waals surface area (Å²) in [6, 6.07) is 16.5. The van der Waals surface area contributed by atoms with E-state index in [9.17, 15) is 14.4 Å². The highest BCUT2D eigenvalue weighted by molar-refractivity contribution is 5.79. The fourth-order valence-corrected chi connectivity index (χ4v) is 5.15. The van der Waals surface area contributed by atoms with E-state index >= 15 is 0 Å². The maximum Gasteiger partial charge on any atom is 0.407 e. The van der Waals surface area contributed by atoms with E-state index in [2.05, 4.69) is 29.6 Å². The van der Waals surface area contributed by atoms with E-state index in [-0.39, 0.29) is 24.8 Å². The number of fused-ring (bicyclic) bond motifs is 3. The number of hydrogen-bond donors (Lipinski definition) is 2. The van der Waals surface area contributed by atoms with Gasteiger partial charge >= 0.3 is 12.1 Å². The zero-order valence-corrected chi connectivity index (χ0v) is 19.5. The van der Waals surface area contributed by atoms with Gasteiger partial charge in [-0.15, -0.1) is 0 Å². The number of nitrogens with one attached hydrogen (secondary N) is 1. The molecule has 2 N–H and O–H groups in total. The lowest BCUT2D eigenvalue weighted by atomic mass is 9.73. The van der Waals surface area contributed by atoms with Crippen molar-refractivity contribution in [1.82, 2.24) is 10.2 Å². The largest absolute Gasteiger partial charge is 0.481 e. The van der Waals surface area contributed by atoms with Gasteiger partial charge in [-0.1, -0.05) is 48.5 Å². The maximum absolute atomic E-state index is 12.4. The molecule has 7 heteroatoms. The van der Waals surface area contributed by atoms with Crippen LogP contribution in [-0.2, 0) is 14.3 Å². The molecule has 180 valence electrons. The van der Waals surface area contributed by atoms with Gasteiger partial charge in [0.15, 0.2) is 0 Å². The smallest absolute Gasteiger partial charge is 0.407 e. The first-order chi connectivity index (χ1) is 16.5. The summed E-state index contributed by atoms with van der Waals surface area (Å²) in [5.41, 5.74) is 4.78. The van der Waals surface area contributed by atoms with Crippen molar-refractivity contribution < 1.29 is 24.2 Å². The van der Waals surface area contributed by atoms with Crippen molar-refractivity contribution in [2.45, 2.75) is 38.5 Å². The lowest BCUT2D eigenvalue weighted by Crippen LogP contribution is -2.40. The average molecular weight is 465 g/mol. The van der Waals surface area contributed by atoms with Gasteiger partial charge in [0.1, 0.15) is 6.61 Å². The lowest BCUT2D eigenvalue weighted by Gasteiger charge is -2.36. The van der Waals surface area contributed by atoms with Crippen LogP contribution in [0.3, 0.4) is 0 Å². The zero-order chi connectivity index (χ0) is 24.1. The number of carboxylic acid groups (broad SMARTS) is 1. The van der Waals surface area contributed by atoms with E-state index in [1.54, 1.807) is 4.90 Å².